The number of thiazole rings is 1. The average Bonchev–Trinajstić information content (AvgIpc) is 3.09. The summed E-state index contributed by atoms with van der Waals surface area (Å²) in [5, 5.41) is 12.9. The van der Waals surface area contributed by atoms with E-state index in [1.807, 2.05) is 30.3 Å². The van der Waals surface area contributed by atoms with Gasteiger partial charge in [0, 0.05) is 18.8 Å². The van der Waals surface area contributed by atoms with E-state index in [9.17, 15) is 4.79 Å². The van der Waals surface area contributed by atoms with Crippen LogP contribution >= 0.6 is 11.3 Å². The van der Waals surface area contributed by atoms with Gasteiger partial charge in [-0.2, -0.15) is 0 Å². The number of hydrogen-bond donors (Lipinski definition) is 1. The molecule has 21 heavy (non-hydrogen) atoms. The number of carbonyl (C=O) groups excluding carboxylic acids is 1. The zero-order chi connectivity index (χ0) is 14.7. The lowest BCUT2D eigenvalue weighted by Crippen LogP contribution is -2.12. The van der Waals surface area contributed by atoms with Gasteiger partial charge in [0.05, 0.1) is 11.2 Å². The van der Waals surface area contributed by atoms with Crippen molar-refractivity contribution in [2.45, 2.75) is 6.42 Å². The summed E-state index contributed by atoms with van der Waals surface area (Å²) < 4.78 is 1.53. The van der Waals surface area contributed by atoms with Crippen molar-refractivity contribution in [3.05, 3.63) is 58.2 Å². The third-order valence-electron chi connectivity index (χ3n) is 2.83. The summed E-state index contributed by atoms with van der Waals surface area (Å²) in [5.41, 5.74) is 1.57. The summed E-state index contributed by atoms with van der Waals surface area (Å²) in [6, 6.07) is 10.0. The van der Waals surface area contributed by atoms with Crippen LogP contribution in [0.4, 0.5) is 5.82 Å². The quantitative estimate of drug-likeness (QED) is 0.801. The van der Waals surface area contributed by atoms with Crippen LogP contribution in [-0.4, -0.2) is 25.9 Å². The number of nitrogens with one attached hydrogen (secondary N) is 1. The number of carbonyl (C=O) groups is 1. The predicted molar refractivity (Wildman–Crippen MR) is 80.3 cm³/mol. The van der Waals surface area contributed by atoms with Crippen LogP contribution < -0.4 is 5.32 Å². The Labute approximate surface area is 125 Å². The van der Waals surface area contributed by atoms with Gasteiger partial charge in [-0.15, -0.1) is 16.4 Å². The minimum atomic E-state index is -0.272. The number of aryl methyl sites for hydroxylation is 1. The van der Waals surface area contributed by atoms with Gasteiger partial charge in [-0.25, -0.2) is 4.98 Å². The first-order chi connectivity index (χ1) is 10.2. The molecule has 0 fully saturated rings. The zero-order valence-corrected chi connectivity index (χ0v) is 12.2. The van der Waals surface area contributed by atoms with Gasteiger partial charge in [0.1, 0.15) is 5.69 Å². The van der Waals surface area contributed by atoms with Gasteiger partial charge in [-0.3, -0.25) is 9.48 Å². The summed E-state index contributed by atoms with van der Waals surface area (Å²) in [4.78, 5) is 16.4. The first-order valence-electron chi connectivity index (χ1n) is 6.37. The lowest BCUT2D eigenvalue weighted by molar-refractivity contribution is 0.102. The molecule has 0 aliphatic rings. The lowest BCUT2D eigenvalue weighted by Gasteiger charge is -1.98. The zero-order valence-electron chi connectivity index (χ0n) is 11.4. The first kappa shape index (κ1) is 13.4. The predicted octanol–water partition coefficient (Wildman–Crippen LogP) is 2.11. The molecule has 3 rings (SSSR count). The third kappa shape index (κ3) is 3.32. The second-order valence-electron chi connectivity index (χ2n) is 4.52. The van der Waals surface area contributed by atoms with Gasteiger partial charge in [0.15, 0.2) is 5.82 Å². The monoisotopic (exact) mass is 299 g/mol. The molecule has 3 aromatic rings. The number of amides is 1. The van der Waals surface area contributed by atoms with Crippen molar-refractivity contribution in [2.24, 2.45) is 7.05 Å². The third-order valence-corrected chi connectivity index (χ3v) is 3.68. The highest BCUT2D eigenvalue weighted by Crippen LogP contribution is 2.15. The lowest BCUT2D eigenvalue weighted by atomic mass is 10.2. The summed E-state index contributed by atoms with van der Waals surface area (Å²) in [6.45, 7) is 0. The molecule has 0 spiro atoms. The van der Waals surface area contributed by atoms with Gasteiger partial charge in [-0.05, 0) is 5.56 Å². The Morgan fingerprint density at radius 3 is 2.86 bits per heavy atom. The smallest absolute Gasteiger partial charge is 0.276 e. The molecule has 0 aliphatic heterocycles. The van der Waals surface area contributed by atoms with Crippen molar-refractivity contribution in [2.75, 3.05) is 5.32 Å². The van der Waals surface area contributed by atoms with Crippen molar-refractivity contribution in [1.82, 2.24) is 20.0 Å². The molecule has 0 bridgehead atoms. The van der Waals surface area contributed by atoms with Gasteiger partial charge in [-0.1, -0.05) is 35.5 Å². The molecule has 7 heteroatoms. The van der Waals surface area contributed by atoms with E-state index in [1.165, 1.54) is 21.6 Å². The fraction of sp³-hybridized carbons (Fsp3) is 0.143. The Balaban J connectivity index is 1.68. The van der Waals surface area contributed by atoms with Crippen molar-refractivity contribution in [3.8, 4) is 0 Å². The van der Waals surface area contributed by atoms with E-state index in [4.69, 9.17) is 0 Å². The Kier molecular flexibility index (Phi) is 3.74. The largest absolute Gasteiger partial charge is 0.302 e. The molecule has 0 unspecified atom stereocenters. The van der Waals surface area contributed by atoms with E-state index < -0.39 is 0 Å². The Bertz CT molecular complexity index is 750. The number of aromatic nitrogens is 4. The Morgan fingerprint density at radius 2 is 2.14 bits per heavy atom. The molecule has 1 aromatic carbocycles. The van der Waals surface area contributed by atoms with E-state index in [0.29, 0.717) is 11.5 Å². The highest BCUT2D eigenvalue weighted by Gasteiger charge is 2.12. The molecule has 106 valence electrons. The molecule has 1 amide bonds. The van der Waals surface area contributed by atoms with Crippen LogP contribution in [0.2, 0.25) is 0 Å². The molecule has 0 radical (unpaired) electrons. The minimum Gasteiger partial charge on any atom is -0.302 e. The average molecular weight is 299 g/mol. The highest BCUT2D eigenvalue weighted by atomic mass is 32.1. The van der Waals surface area contributed by atoms with Gasteiger partial charge >= 0.3 is 0 Å². The second kappa shape index (κ2) is 5.84. The fourth-order valence-electron chi connectivity index (χ4n) is 1.85. The molecule has 0 saturated carbocycles. The summed E-state index contributed by atoms with van der Waals surface area (Å²) in [7, 11) is 1.74. The first-order valence-corrected chi connectivity index (χ1v) is 7.24. The number of hydrogen-bond acceptors (Lipinski definition) is 5. The minimum absolute atomic E-state index is 0.272. The van der Waals surface area contributed by atoms with Crippen LogP contribution in [0.3, 0.4) is 0 Å². The number of nitrogens with zero attached hydrogens (tertiary/aromatic N) is 4. The SMILES string of the molecule is Cn1cc(NC(=O)c2csc(Cc3ccccc3)n2)nn1. The maximum atomic E-state index is 12.0. The topological polar surface area (TPSA) is 72.7 Å². The van der Waals surface area contributed by atoms with Crippen LogP contribution in [0.1, 0.15) is 21.1 Å². The molecule has 0 atom stereocenters. The number of anilines is 1. The van der Waals surface area contributed by atoms with Crippen molar-refractivity contribution in [1.29, 1.82) is 0 Å². The standard InChI is InChI=1S/C14H13N5OS/c1-19-8-12(17-18-19)16-14(20)11-9-21-13(15-11)7-10-5-3-2-4-6-10/h2-6,8-9H,7H2,1H3,(H,16,20). The number of benzene rings is 1. The second-order valence-corrected chi connectivity index (χ2v) is 5.46. The molecule has 6 nitrogen and oxygen atoms in total. The maximum absolute atomic E-state index is 12.0. The van der Waals surface area contributed by atoms with Crippen LogP contribution in [0, 0.1) is 0 Å². The normalized spacial score (nSPS) is 10.5. The van der Waals surface area contributed by atoms with Crippen LogP contribution in [0.15, 0.2) is 41.9 Å². The summed E-state index contributed by atoms with van der Waals surface area (Å²) >= 11 is 1.48. The molecule has 0 aliphatic carbocycles. The highest BCUT2D eigenvalue weighted by molar-refractivity contribution is 7.09. The van der Waals surface area contributed by atoms with E-state index >= 15 is 0 Å². The molecule has 0 saturated heterocycles. The molecule has 2 aromatic heterocycles. The maximum Gasteiger partial charge on any atom is 0.276 e. The van der Waals surface area contributed by atoms with Gasteiger partial charge in [0.25, 0.3) is 5.91 Å². The van der Waals surface area contributed by atoms with Gasteiger partial charge < -0.3 is 5.32 Å². The van der Waals surface area contributed by atoms with Crippen LogP contribution in [0.5, 0.6) is 0 Å². The molecule has 2 heterocycles. The van der Waals surface area contributed by atoms with Crippen molar-refractivity contribution in [3.63, 3.8) is 0 Å². The van der Waals surface area contributed by atoms with Gasteiger partial charge in [0.2, 0.25) is 0 Å². The summed E-state index contributed by atoms with van der Waals surface area (Å²) in [6.07, 6.45) is 2.36. The fourth-order valence-corrected chi connectivity index (χ4v) is 2.66. The Hall–Kier alpha value is -2.54. The van der Waals surface area contributed by atoms with Crippen LogP contribution in [0.25, 0.3) is 0 Å². The van der Waals surface area contributed by atoms with E-state index in [0.717, 1.165) is 11.4 Å². The molecular weight excluding hydrogens is 286 g/mol. The van der Waals surface area contributed by atoms with E-state index in [2.05, 4.69) is 20.6 Å². The van der Waals surface area contributed by atoms with Crippen molar-refractivity contribution >= 4 is 23.1 Å². The summed E-state index contributed by atoms with van der Waals surface area (Å²) in [5.74, 6) is 0.145. The van der Waals surface area contributed by atoms with Crippen molar-refractivity contribution < 1.29 is 4.79 Å². The Morgan fingerprint density at radius 1 is 1.33 bits per heavy atom. The molecule has 1 N–H and O–H groups in total. The van der Waals surface area contributed by atoms with E-state index in [-0.39, 0.29) is 5.91 Å². The molecular formula is C14H13N5OS. The van der Waals surface area contributed by atoms with Crippen LogP contribution in [-0.2, 0) is 13.5 Å². The number of rotatable bonds is 4. The van der Waals surface area contributed by atoms with E-state index in [1.54, 1.807) is 18.6 Å².